The molecule has 0 saturated carbocycles. The normalized spacial score (nSPS) is 13.1. The van der Waals surface area contributed by atoms with Crippen molar-refractivity contribution in [3.05, 3.63) is 23.8 Å². The summed E-state index contributed by atoms with van der Waals surface area (Å²) in [5.41, 5.74) is 6.02. The van der Waals surface area contributed by atoms with Crippen LogP contribution in [0.1, 0.15) is 25.8 Å². The Bertz CT molecular complexity index is 623. The largest absolute Gasteiger partial charge is 0.399 e. The van der Waals surface area contributed by atoms with E-state index >= 15 is 0 Å². The van der Waals surface area contributed by atoms with Crippen molar-refractivity contribution < 1.29 is 13.2 Å². The molecule has 1 rings (SSSR count). The Morgan fingerprint density at radius 1 is 1.48 bits per heavy atom. The zero-order valence-electron chi connectivity index (χ0n) is 12.5. The van der Waals surface area contributed by atoms with Gasteiger partial charge in [-0.1, -0.05) is 6.92 Å². The van der Waals surface area contributed by atoms with Gasteiger partial charge >= 0.3 is 0 Å². The molecule has 0 aliphatic heterocycles. The minimum atomic E-state index is -3.77. The van der Waals surface area contributed by atoms with Gasteiger partial charge in [-0.15, -0.1) is 0 Å². The standard InChI is InChI=1S/C14H21N3O3S/c1-4-11(2)17(7-8-20-3)21(18,19)14-6-5-13(16)9-12(14)10-15/h5-6,9,11H,4,7-8,16H2,1-3H3. The van der Waals surface area contributed by atoms with Crippen LogP contribution in [0.25, 0.3) is 0 Å². The van der Waals surface area contributed by atoms with Gasteiger partial charge in [-0.05, 0) is 31.5 Å². The monoisotopic (exact) mass is 311 g/mol. The molecule has 0 aliphatic carbocycles. The predicted octanol–water partition coefficient (Wildman–Crippen LogP) is 1.58. The highest BCUT2D eigenvalue weighted by atomic mass is 32.2. The Morgan fingerprint density at radius 2 is 2.14 bits per heavy atom. The second kappa shape index (κ2) is 7.41. The average Bonchev–Trinajstić information content (AvgIpc) is 2.46. The van der Waals surface area contributed by atoms with Crippen LogP contribution in [0.3, 0.4) is 0 Å². The van der Waals surface area contributed by atoms with Crippen molar-refractivity contribution in [3.63, 3.8) is 0 Å². The molecule has 21 heavy (non-hydrogen) atoms. The number of nitrogens with zero attached hydrogens (tertiary/aromatic N) is 2. The van der Waals surface area contributed by atoms with E-state index in [0.29, 0.717) is 18.7 Å². The van der Waals surface area contributed by atoms with Crippen LogP contribution in [0.15, 0.2) is 23.1 Å². The van der Waals surface area contributed by atoms with Crippen molar-refractivity contribution >= 4 is 15.7 Å². The SMILES string of the molecule is CCC(C)N(CCOC)S(=O)(=O)c1ccc(N)cc1C#N. The smallest absolute Gasteiger partial charge is 0.244 e. The van der Waals surface area contributed by atoms with Crippen molar-refractivity contribution in [2.24, 2.45) is 0 Å². The molecule has 2 N–H and O–H groups in total. The first kappa shape index (κ1) is 17.4. The van der Waals surface area contributed by atoms with E-state index in [0.717, 1.165) is 0 Å². The number of nitriles is 1. The molecule has 6 nitrogen and oxygen atoms in total. The molecule has 0 amide bonds. The summed E-state index contributed by atoms with van der Waals surface area (Å²) < 4.78 is 32.0. The maximum atomic E-state index is 12.8. The first-order chi connectivity index (χ1) is 9.88. The highest BCUT2D eigenvalue weighted by molar-refractivity contribution is 7.89. The summed E-state index contributed by atoms with van der Waals surface area (Å²) in [6.07, 6.45) is 0.666. The summed E-state index contributed by atoms with van der Waals surface area (Å²) in [4.78, 5) is -0.0180. The minimum Gasteiger partial charge on any atom is -0.399 e. The van der Waals surface area contributed by atoms with Crippen molar-refractivity contribution in [2.45, 2.75) is 31.2 Å². The van der Waals surface area contributed by atoms with Crippen LogP contribution in [0, 0.1) is 11.3 Å². The van der Waals surface area contributed by atoms with Crippen LogP contribution >= 0.6 is 0 Å². The molecular formula is C14H21N3O3S. The number of ether oxygens (including phenoxy) is 1. The molecule has 1 aromatic rings. The molecule has 0 aliphatic rings. The molecule has 0 aromatic heterocycles. The molecular weight excluding hydrogens is 290 g/mol. The summed E-state index contributed by atoms with van der Waals surface area (Å²) in [7, 11) is -2.25. The Morgan fingerprint density at radius 3 is 2.67 bits per heavy atom. The van der Waals surface area contributed by atoms with Crippen molar-refractivity contribution in [3.8, 4) is 6.07 Å². The maximum Gasteiger partial charge on any atom is 0.244 e. The number of nitrogen functional groups attached to an aromatic ring is 1. The highest BCUT2D eigenvalue weighted by Gasteiger charge is 2.30. The Hall–Kier alpha value is -1.62. The number of anilines is 1. The molecule has 0 saturated heterocycles. The average molecular weight is 311 g/mol. The van der Waals surface area contributed by atoms with E-state index in [2.05, 4.69) is 0 Å². The van der Waals surface area contributed by atoms with E-state index in [9.17, 15) is 8.42 Å². The predicted molar refractivity (Wildman–Crippen MR) is 81.1 cm³/mol. The molecule has 116 valence electrons. The lowest BCUT2D eigenvalue weighted by molar-refractivity contribution is 0.167. The third-order valence-corrected chi connectivity index (χ3v) is 5.38. The van der Waals surface area contributed by atoms with Crippen molar-refractivity contribution in [2.75, 3.05) is 26.0 Å². The van der Waals surface area contributed by atoms with Crippen molar-refractivity contribution in [1.82, 2.24) is 4.31 Å². The van der Waals surface area contributed by atoms with Gasteiger partial charge in [-0.3, -0.25) is 0 Å². The minimum absolute atomic E-state index is 0.0180. The number of hydrogen-bond donors (Lipinski definition) is 1. The topological polar surface area (TPSA) is 96.4 Å². The van der Waals surface area contributed by atoms with Gasteiger partial charge in [0.2, 0.25) is 10.0 Å². The zero-order valence-corrected chi connectivity index (χ0v) is 13.4. The number of hydrogen-bond acceptors (Lipinski definition) is 5. The van der Waals surface area contributed by atoms with Gasteiger partial charge in [-0.25, -0.2) is 8.42 Å². The lowest BCUT2D eigenvalue weighted by Crippen LogP contribution is -2.40. The molecule has 7 heteroatoms. The third kappa shape index (κ3) is 3.94. The first-order valence-electron chi connectivity index (χ1n) is 6.68. The summed E-state index contributed by atoms with van der Waals surface area (Å²) in [5.74, 6) is 0. The van der Waals surface area contributed by atoms with E-state index < -0.39 is 10.0 Å². The summed E-state index contributed by atoms with van der Waals surface area (Å²) >= 11 is 0. The fraction of sp³-hybridized carbons (Fsp3) is 0.500. The molecule has 1 aromatic carbocycles. The second-order valence-corrected chi connectivity index (χ2v) is 6.59. The Labute approximate surface area is 126 Å². The number of methoxy groups -OCH3 is 1. The number of nitrogens with two attached hydrogens (primary N) is 1. The van der Waals surface area contributed by atoms with E-state index in [1.165, 1.54) is 29.6 Å². The Kier molecular flexibility index (Phi) is 6.15. The van der Waals surface area contributed by atoms with E-state index in [1.807, 2.05) is 19.9 Å². The van der Waals surface area contributed by atoms with Gasteiger partial charge in [0.25, 0.3) is 0 Å². The fourth-order valence-corrected chi connectivity index (χ4v) is 3.76. The Balaban J connectivity index is 3.32. The van der Waals surface area contributed by atoms with Crippen LogP contribution in [-0.4, -0.2) is 39.0 Å². The molecule has 0 heterocycles. The molecule has 0 fully saturated rings. The van der Waals surface area contributed by atoms with Crippen LogP contribution < -0.4 is 5.73 Å². The van der Waals surface area contributed by atoms with Crippen molar-refractivity contribution in [1.29, 1.82) is 5.26 Å². The highest BCUT2D eigenvalue weighted by Crippen LogP contribution is 2.24. The van der Waals surface area contributed by atoms with Gasteiger partial charge in [0.1, 0.15) is 11.0 Å². The van der Waals surface area contributed by atoms with Crippen LogP contribution in [-0.2, 0) is 14.8 Å². The summed E-state index contributed by atoms with van der Waals surface area (Å²) in [6, 6.07) is 5.95. The number of benzene rings is 1. The maximum absolute atomic E-state index is 12.8. The lowest BCUT2D eigenvalue weighted by Gasteiger charge is -2.27. The second-order valence-electron chi connectivity index (χ2n) is 4.73. The quantitative estimate of drug-likeness (QED) is 0.771. The van der Waals surface area contributed by atoms with Crippen LogP contribution in [0.2, 0.25) is 0 Å². The lowest BCUT2D eigenvalue weighted by atomic mass is 10.2. The molecule has 1 unspecified atom stereocenters. The summed E-state index contributed by atoms with van der Waals surface area (Å²) in [5, 5.41) is 9.15. The van der Waals surface area contributed by atoms with E-state index in [1.54, 1.807) is 0 Å². The van der Waals surface area contributed by atoms with Crippen LogP contribution in [0.5, 0.6) is 0 Å². The fourth-order valence-electron chi connectivity index (χ4n) is 1.95. The van der Waals surface area contributed by atoms with Gasteiger partial charge in [0, 0.05) is 25.4 Å². The van der Waals surface area contributed by atoms with Gasteiger partial charge < -0.3 is 10.5 Å². The van der Waals surface area contributed by atoms with E-state index in [-0.39, 0.29) is 23.0 Å². The van der Waals surface area contributed by atoms with Gasteiger partial charge in [-0.2, -0.15) is 9.57 Å². The number of rotatable bonds is 7. The third-order valence-electron chi connectivity index (χ3n) is 3.31. The molecule has 1 atom stereocenters. The van der Waals surface area contributed by atoms with Gasteiger partial charge in [0.05, 0.1) is 12.2 Å². The molecule has 0 spiro atoms. The zero-order chi connectivity index (χ0) is 16.0. The number of sulfonamides is 1. The van der Waals surface area contributed by atoms with Gasteiger partial charge in [0.15, 0.2) is 0 Å². The summed E-state index contributed by atoms with van der Waals surface area (Å²) in [6.45, 7) is 4.27. The van der Waals surface area contributed by atoms with E-state index in [4.69, 9.17) is 15.7 Å². The first-order valence-corrected chi connectivity index (χ1v) is 8.12. The molecule has 0 bridgehead atoms. The molecule has 0 radical (unpaired) electrons. The van der Waals surface area contributed by atoms with Crippen LogP contribution in [0.4, 0.5) is 5.69 Å².